The van der Waals surface area contributed by atoms with Crippen LogP contribution in [0.15, 0.2) is 36.4 Å². The number of rotatable bonds is 5. The number of ether oxygens (including phenoxy) is 2. The molecule has 10 heteroatoms. The molecule has 3 aromatic rings. The molecule has 154 valence electrons. The van der Waals surface area contributed by atoms with Crippen molar-refractivity contribution in [3.63, 3.8) is 0 Å². The second-order valence-corrected chi connectivity index (χ2v) is 6.06. The van der Waals surface area contributed by atoms with E-state index in [2.05, 4.69) is 9.84 Å². The molecule has 0 amide bonds. The number of methoxy groups -OCH3 is 1. The molecule has 0 aliphatic rings. The highest BCUT2D eigenvalue weighted by Gasteiger charge is 2.27. The van der Waals surface area contributed by atoms with Crippen LogP contribution >= 0.6 is 0 Å². The Morgan fingerprint density at radius 1 is 1.10 bits per heavy atom. The molecule has 0 saturated heterocycles. The van der Waals surface area contributed by atoms with Crippen LogP contribution in [-0.2, 0) is 9.53 Å². The minimum absolute atomic E-state index is 0.0535. The van der Waals surface area contributed by atoms with Gasteiger partial charge in [0.05, 0.1) is 12.8 Å². The largest absolute Gasteiger partial charge is 0.466 e. The fourth-order valence-electron chi connectivity index (χ4n) is 2.70. The number of benzene rings is 2. The summed E-state index contributed by atoms with van der Waals surface area (Å²) in [6.45, 7) is 1.33. The summed E-state index contributed by atoms with van der Waals surface area (Å²) < 4.78 is 66.1. The van der Waals surface area contributed by atoms with Gasteiger partial charge in [-0.15, -0.1) is 5.10 Å². The van der Waals surface area contributed by atoms with E-state index in [9.17, 15) is 27.6 Å². The highest BCUT2D eigenvalue weighted by atomic mass is 19.2. The van der Waals surface area contributed by atoms with Gasteiger partial charge in [-0.25, -0.2) is 27.0 Å². The van der Waals surface area contributed by atoms with Crippen molar-refractivity contribution in [3.8, 4) is 28.9 Å². The molecule has 0 bridgehead atoms. The van der Waals surface area contributed by atoms with E-state index in [1.165, 1.54) is 6.92 Å². The van der Waals surface area contributed by atoms with E-state index in [0.29, 0.717) is 0 Å². The zero-order valence-corrected chi connectivity index (χ0v) is 15.6. The molecule has 1 heterocycles. The van der Waals surface area contributed by atoms with Crippen LogP contribution in [0.3, 0.4) is 0 Å². The first kappa shape index (κ1) is 20.9. The van der Waals surface area contributed by atoms with Crippen molar-refractivity contribution in [3.05, 3.63) is 65.2 Å². The molecule has 1 atom stereocenters. The summed E-state index contributed by atoms with van der Waals surface area (Å²) in [5.41, 5.74) is -0.956. The summed E-state index contributed by atoms with van der Waals surface area (Å²) in [5.74, 6) is -5.26. The summed E-state index contributed by atoms with van der Waals surface area (Å²) in [6.07, 6.45) is -1.19. The SMILES string of the molecule is COC(=O)[C@@H](C)Oc1nn(-c2cc(F)ccc2F)c(-c2ccc(F)c(F)c2)c1C#N. The van der Waals surface area contributed by atoms with Crippen LogP contribution < -0.4 is 4.74 Å². The lowest BCUT2D eigenvalue weighted by Gasteiger charge is -2.09. The van der Waals surface area contributed by atoms with Gasteiger partial charge in [0.15, 0.2) is 17.7 Å². The minimum Gasteiger partial charge on any atom is -0.466 e. The Morgan fingerprint density at radius 2 is 1.80 bits per heavy atom. The second-order valence-electron chi connectivity index (χ2n) is 6.06. The third kappa shape index (κ3) is 3.82. The average Bonchev–Trinajstić information content (AvgIpc) is 3.08. The Morgan fingerprint density at radius 3 is 2.43 bits per heavy atom. The maximum Gasteiger partial charge on any atom is 0.346 e. The van der Waals surface area contributed by atoms with Gasteiger partial charge in [0, 0.05) is 11.6 Å². The number of aromatic nitrogens is 2. The highest BCUT2D eigenvalue weighted by Crippen LogP contribution is 2.34. The van der Waals surface area contributed by atoms with Gasteiger partial charge < -0.3 is 9.47 Å². The van der Waals surface area contributed by atoms with Crippen molar-refractivity contribution in [2.24, 2.45) is 0 Å². The van der Waals surface area contributed by atoms with E-state index in [4.69, 9.17) is 4.74 Å². The van der Waals surface area contributed by atoms with E-state index in [1.54, 1.807) is 6.07 Å². The third-order valence-electron chi connectivity index (χ3n) is 4.12. The maximum absolute atomic E-state index is 14.4. The maximum atomic E-state index is 14.4. The van der Waals surface area contributed by atoms with E-state index in [0.717, 1.165) is 48.2 Å². The van der Waals surface area contributed by atoms with E-state index in [-0.39, 0.29) is 16.8 Å². The van der Waals surface area contributed by atoms with Crippen molar-refractivity contribution in [1.29, 1.82) is 5.26 Å². The van der Waals surface area contributed by atoms with Crippen molar-refractivity contribution in [2.45, 2.75) is 13.0 Å². The van der Waals surface area contributed by atoms with Crippen LogP contribution in [0.25, 0.3) is 16.9 Å². The minimum atomic E-state index is -1.23. The predicted molar refractivity (Wildman–Crippen MR) is 95.7 cm³/mol. The summed E-state index contributed by atoms with van der Waals surface area (Å²) in [6, 6.07) is 7.03. The van der Waals surface area contributed by atoms with Crippen molar-refractivity contribution in [2.75, 3.05) is 7.11 Å². The quantitative estimate of drug-likeness (QED) is 0.463. The van der Waals surface area contributed by atoms with Crippen molar-refractivity contribution >= 4 is 5.97 Å². The standard InChI is InChI=1S/C20H13F4N3O3/c1-10(20(28)29-2)30-19-13(9-25)18(11-3-5-14(22)16(24)7-11)27(26-19)17-8-12(21)4-6-15(17)23/h3-8,10H,1-2H3/t10-/m1/s1. The molecule has 0 radical (unpaired) electrons. The number of carbonyl (C=O) groups excluding carboxylic acids is 1. The monoisotopic (exact) mass is 419 g/mol. The predicted octanol–water partition coefficient (Wildman–Crippen LogP) is 3.91. The van der Waals surface area contributed by atoms with Gasteiger partial charge in [-0.3, -0.25) is 0 Å². The average molecular weight is 419 g/mol. The number of hydrogen-bond acceptors (Lipinski definition) is 5. The summed E-state index contributed by atoms with van der Waals surface area (Å²) >= 11 is 0. The Balaban J connectivity index is 2.29. The fraction of sp³-hybridized carbons (Fsp3) is 0.150. The van der Waals surface area contributed by atoms with Crippen LogP contribution in [0, 0.1) is 34.6 Å². The van der Waals surface area contributed by atoms with Crippen LogP contribution in [0.1, 0.15) is 12.5 Å². The van der Waals surface area contributed by atoms with Crippen molar-refractivity contribution in [1.82, 2.24) is 9.78 Å². The summed E-state index contributed by atoms with van der Waals surface area (Å²) in [5, 5.41) is 13.6. The smallest absolute Gasteiger partial charge is 0.346 e. The third-order valence-corrected chi connectivity index (χ3v) is 4.12. The van der Waals surface area contributed by atoms with E-state index in [1.807, 2.05) is 0 Å². The van der Waals surface area contributed by atoms with Gasteiger partial charge in [-0.1, -0.05) is 0 Å². The Labute approximate surface area is 167 Å². The normalized spacial score (nSPS) is 11.6. The summed E-state index contributed by atoms with van der Waals surface area (Å²) in [7, 11) is 1.13. The van der Waals surface area contributed by atoms with E-state index >= 15 is 0 Å². The number of nitriles is 1. The number of nitrogens with zero attached hydrogens (tertiary/aromatic N) is 3. The lowest BCUT2D eigenvalue weighted by atomic mass is 10.1. The topological polar surface area (TPSA) is 77.1 Å². The van der Waals surface area contributed by atoms with Crippen LogP contribution in [0.5, 0.6) is 5.88 Å². The molecule has 3 rings (SSSR count). The molecule has 0 spiro atoms. The Bertz CT molecular complexity index is 1170. The number of carbonyl (C=O) groups is 1. The number of esters is 1. The van der Waals surface area contributed by atoms with Crippen LogP contribution in [-0.4, -0.2) is 29.0 Å². The van der Waals surface area contributed by atoms with Gasteiger partial charge in [0.25, 0.3) is 5.88 Å². The number of halogens is 4. The zero-order chi connectivity index (χ0) is 22.0. The van der Waals surface area contributed by atoms with Gasteiger partial charge in [-0.2, -0.15) is 5.26 Å². The molecule has 0 fully saturated rings. The van der Waals surface area contributed by atoms with Crippen LogP contribution in [0.4, 0.5) is 17.6 Å². The van der Waals surface area contributed by atoms with Crippen molar-refractivity contribution < 1.29 is 31.8 Å². The number of hydrogen-bond donors (Lipinski definition) is 0. The van der Waals surface area contributed by atoms with Gasteiger partial charge in [-0.05, 0) is 37.3 Å². The van der Waals surface area contributed by atoms with Gasteiger partial charge in [0.2, 0.25) is 0 Å². The van der Waals surface area contributed by atoms with E-state index < -0.39 is 46.9 Å². The molecule has 0 unspecified atom stereocenters. The molecule has 30 heavy (non-hydrogen) atoms. The molecule has 6 nitrogen and oxygen atoms in total. The molecule has 2 aromatic carbocycles. The molecule has 1 aromatic heterocycles. The Hall–Kier alpha value is -3.87. The molecule has 0 saturated carbocycles. The second kappa shape index (κ2) is 8.24. The first-order valence-electron chi connectivity index (χ1n) is 8.45. The lowest BCUT2D eigenvalue weighted by molar-refractivity contribution is -0.148. The molecule has 0 aliphatic carbocycles. The zero-order valence-electron chi connectivity index (χ0n) is 15.6. The summed E-state index contributed by atoms with van der Waals surface area (Å²) in [4.78, 5) is 11.7. The first-order chi connectivity index (χ1) is 14.3. The highest BCUT2D eigenvalue weighted by molar-refractivity contribution is 5.75. The molecular weight excluding hydrogens is 406 g/mol. The molecule has 0 N–H and O–H groups in total. The molecular formula is C20H13F4N3O3. The first-order valence-corrected chi connectivity index (χ1v) is 8.45. The molecule has 0 aliphatic heterocycles. The van der Waals surface area contributed by atoms with Gasteiger partial charge >= 0.3 is 5.97 Å². The lowest BCUT2D eigenvalue weighted by Crippen LogP contribution is -2.25. The Kier molecular flexibility index (Phi) is 5.73. The fourth-order valence-corrected chi connectivity index (χ4v) is 2.70. The van der Waals surface area contributed by atoms with Gasteiger partial charge in [0.1, 0.15) is 29.0 Å². The van der Waals surface area contributed by atoms with Crippen LogP contribution in [0.2, 0.25) is 0 Å².